The van der Waals surface area contributed by atoms with Crippen molar-refractivity contribution in [3.63, 3.8) is 0 Å². The third-order valence-electron chi connectivity index (χ3n) is 12.7. The van der Waals surface area contributed by atoms with E-state index in [4.69, 9.17) is 0 Å². The largest absolute Gasteiger partial charge is 0.417 e. The molecule has 388 valence electrons. The van der Waals surface area contributed by atoms with E-state index < -0.39 is 127 Å². The first kappa shape index (κ1) is 53.0. The first-order valence-corrected chi connectivity index (χ1v) is 22.2. The highest BCUT2D eigenvalue weighted by Gasteiger charge is 2.73. The Morgan fingerprint density at radius 2 is 0.800 bits per heavy atom. The van der Waals surface area contributed by atoms with Crippen LogP contribution >= 0.6 is 0 Å². The Morgan fingerprint density at radius 3 is 1.20 bits per heavy atom. The number of rotatable bonds is 9. The molecule has 2 aliphatic rings. The molecule has 0 aromatic heterocycles. The van der Waals surface area contributed by atoms with Crippen LogP contribution in [0.3, 0.4) is 0 Å². The summed E-state index contributed by atoms with van der Waals surface area (Å²) in [5.41, 5.74) is -16.6. The molecule has 2 aliphatic heterocycles. The van der Waals surface area contributed by atoms with Crippen molar-refractivity contribution in [1.29, 1.82) is 0 Å². The normalized spacial score (nSPS) is 14.3. The van der Waals surface area contributed by atoms with Crippen LogP contribution in [0.2, 0.25) is 0 Å². The number of halogens is 12. The van der Waals surface area contributed by atoms with Crippen LogP contribution in [0, 0.1) is 0 Å². The van der Waals surface area contributed by atoms with Crippen LogP contribution in [0.1, 0.15) is 118 Å². The Bertz CT molecular complexity index is 3360. The van der Waals surface area contributed by atoms with Crippen LogP contribution in [0.25, 0.3) is 11.1 Å². The highest BCUT2D eigenvalue weighted by molar-refractivity contribution is 6.34. The van der Waals surface area contributed by atoms with E-state index in [-0.39, 0.29) is 40.5 Å². The van der Waals surface area contributed by atoms with Gasteiger partial charge in [0.15, 0.2) is 0 Å². The van der Waals surface area contributed by atoms with Crippen molar-refractivity contribution in [2.24, 2.45) is 0 Å². The van der Waals surface area contributed by atoms with Crippen molar-refractivity contribution in [2.75, 3.05) is 22.1 Å². The second-order valence-corrected chi connectivity index (χ2v) is 18.4. The summed E-state index contributed by atoms with van der Waals surface area (Å²) in [6, 6.07) is 16.8. The lowest BCUT2D eigenvalue weighted by Gasteiger charge is -2.38. The van der Waals surface area contributed by atoms with Gasteiger partial charge in [0.05, 0.1) is 39.1 Å². The Balaban J connectivity index is 1.04. The van der Waals surface area contributed by atoms with Crippen molar-refractivity contribution in [3.05, 3.63) is 183 Å². The fourth-order valence-electron chi connectivity index (χ4n) is 8.97. The number of alkyl halides is 12. The summed E-state index contributed by atoms with van der Waals surface area (Å²) in [5.74, 6) is -6.58. The number of carbonyl (C=O) groups excluding carboxylic acids is 6. The maximum Gasteiger partial charge on any atom is 0.417 e. The lowest BCUT2D eigenvalue weighted by molar-refractivity contribution is -0.288. The van der Waals surface area contributed by atoms with Gasteiger partial charge in [-0.2, -0.15) is 52.7 Å². The second kappa shape index (κ2) is 18.3. The van der Waals surface area contributed by atoms with Gasteiger partial charge in [-0.05, 0) is 125 Å². The molecule has 0 radical (unpaired) electrons. The van der Waals surface area contributed by atoms with Crippen molar-refractivity contribution in [2.45, 2.75) is 63.2 Å². The second-order valence-electron chi connectivity index (χ2n) is 18.4. The van der Waals surface area contributed by atoms with Crippen LogP contribution in [0.5, 0.6) is 0 Å². The minimum absolute atomic E-state index is 0.0994. The predicted octanol–water partition coefficient (Wildman–Crippen LogP) is 13.0. The first-order valence-electron chi connectivity index (χ1n) is 22.2. The van der Waals surface area contributed by atoms with E-state index in [1.165, 1.54) is 19.1 Å². The Labute approximate surface area is 416 Å². The molecule has 0 aliphatic carbocycles. The molecule has 6 amide bonds. The maximum absolute atomic E-state index is 15.2. The van der Waals surface area contributed by atoms with E-state index in [1.54, 1.807) is 12.1 Å². The van der Waals surface area contributed by atoms with E-state index in [2.05, 4.69) is 10.6 Å². The number of carbonyl (C=O) groups is 6. The van der Waals surface area contributed by atoms with Crippen LogP contribution in [-0.2, 0) is 23.2 Å². The summed E-state index contributed by atoms with van der Waals surface area (Å²) in [4.78, 5) is 80.1. The lowest BCUT2D eigenvalue weighted by atomic mass is 9.71. The zero-order valence-corrected chi connectivity index (χ0v) is 39.1. The molecule has 0 spiro atoms. The summed E-state index contributed by atoms with van der Waals surface area (Å²) in [7, 11) is 0. The van der Waals surface area contributed by atoms with Gasteiger partial charge >= 0.3 is 24.7 Å². The number of hydrogen-bond acceptors (Lipinski definition) is 6. The Hall–Kier alpha value is -8.30. The van der Waals surface area contributed by atoms with Crippen molar-refractivity contribution >= 4 is 52.5 Å². The van der Waals surface area contributed by atoms with Gasteiger partial charge in [-0.1, -0.05) is 57.2 Å². The van der Waals surface area contributed by atoms with Crippen molar-refractivity contribution < 1.29 is 81.5 Å². The predicted molar refractivity (Wildman–Crippen MR) is 247 cm³/mol. The SMILES string of the molecule is CCN1C(=O)c2ccc(C(c3ccc4c(c3)C(=O)N(c3ccc(C(=O)Nc5ccc(-c6ccc(NC(=O)c7ccc(C(C)(C)C)cc7)cc6C(F)(F)F)c(C(F)(F)F)c5)cc3)C4=O)(C(F)(F)F)C(F)(F)F)cc2C1=O. The van der Waals surface area contributed by atoms with Crippen LogP contribution in [-0.4, -0.2) is 59.2 Å². The van der Waals surface area contributed by atoms with Gasteiger partial charge in [0.2, 0.25) is 5.41 Å². The van der Waals surface area contributed by atoms with Gasteiger partial charge in [0.1, 0.15) is 0 Å². The zero-order valence-electron chi connectivity index (χ0n) is 39.1. The van der Waals surface area contributed by atoms with Crippen molar-refractivity contribution in [3.8, 4) is 11.1 Å². The minimum atomic E-state index is -6.22. The highest BCUT2D eigenvalue weighted by atomic mass is 19.4. The van der Waals surface area contributed by atoms with Gasteiger partial charge in [0, 0.05) is 29.0 Å². The number of nitrogens with zero attached hydrogens (tertiary/aromatic N) is 2. The lowest BCUT2D eigenvalue weighted by Crippen LogP contribution is -2.55. The third-order valence-corrected chi connectivity index (χ3v) is 12.7. The van der Waals surface area contributed by atoms with Gasteiger partial charge in [-0.3, -0.25) is 33.7 Å². The third kappa shape index (κ3) is 9.26. The topological polar surface area (TPSA) is 133 Å². The molecule has 10 nitrogen and oxygen atoms in total. The summed E-state index contributed by atoms with van der Waals surface area (Å²) in [6.45, 7) is 6.92. The minimum Gasteiger partial charge on any atom is -0.322 e. The molecule has 0 fully saturated rings. The molecule has 0 atom stereocenters. The number of amides is 6. The Kier molecular flexibility index (Phi) is 12.9. The monoisotopic (exact) mass is 1050 g/mol. The van der Waals surface area contributed by atoms with E-state index in [0.717, 1.165) is 48.0 Å². The zero-order chi connectivity index (χ0) is 55.1. The number of hydrogen-bond donors (Lipinski definition) is 2. The van der Waals surface area contributed by atoms with E-state index in [0.29, 0.717) is 58.3 Å². The summed E-state index contributed by atoms with van der Waals surface area (Å²) < 4.78 is 178. The number of nitrogens with one attached hydrogen (secondary N) is 2. The van der Waals surface area contributed by atoms with E-state index in [1.807, 2.05) is 20.8 Å². The van der Waals surface area contributed by atoms with E-state index >= 15 is 26.3 Å². The standard InChI is InChI=1S/C53H36F12N4O6/c1-5-68-44(72)36-18-12-29(22-38(36)45(68)73)49(52(60,61)62,53(63,64)65)30-13-19-37-39(23-30)47(75)69(46(37)74)33-16-8-27(9-17-33)43(71)67-32-15-21-35(41(25-32)51(57,58)59)34-20-14-31(24-40(34)50(54,55)56)66-42(70)26-6-10-28(11-7-26)48(2,3)4/h6-25H,5H2,1-4H3,(H,66,70)(H,67,71). The van der Waals surface area contributed by atoms with Crippen molar-refractivity contribution in [1.82, 2.24) is 4.90 Å². The molecule has 0 saturated carbocycles. The highest BCUT2D eigenvalue weighted by Crippen LogP contribution is 2.57. The molecule has 6 aromatic carbocycles. The quantitative estimate of drug-likeness (QED) is 0.109. The smallest absolute Gasteiger partial charge is 0.322 e. The molecule has 22 heteroatoms. The molecule has 0 unspecified atom stereocenters. The first-order chi connectivity index (χ1) is 34.8. The van der Waals surface area contributed by atoms with Gasteiger partial charge in [-0.25, -0.2) is 4.90 Å². The fraction of sp³-hybridized carbons (Fsp3) is 0.208. The molecular formula is C53H36F12N4O6. The van der Waals surface area contributed by atoms with Gasteiger partial charge in [-0.15, -0.1) is 0 Å². The fourth-order valence-corrected chi connectivity index (χ4v) is 8.97. The van der Waals surface area contributed by atoms with Crippen LogP contribution < -0.4 is 15.5 Å². The number of benzene rings is 6. The molecular weight excluding hydrogens is 1020 g/mol. The van der Waals surface area contributed by atoms with Gasteiger partial charge < -0.3 is 10.6 Å². The average Bonchev–Trinajstić information content (AvgIpc) is 3.72. The van der Waals surface area contributed by atoms with Crippen LogP contribution in [0.4, 0.5) is 69.7 Å². The number of imide groups is 2. The summed E-state index contributed by atoms with van der Waals surface area (Å²) in [5, 5.41) is 4.50. The van der Waals surface area contributed by atoms with Gasteiger partial charge in [0.25, 0.3) is 35.4 Å². The molecule has 2 N–H and O–H groups in total. The Morgan fingerprint density at radius 1 is 0.440 bits per heavy atom. The maximum atomic E-state index is 15.2. The molecule has 75 heavy (non-hydrogen) atoms. The molecule has 8 rings (SSSR count). The number of anilines is 3. The molecule has 0 bridgehead atoms. The molecule has 0 saturated heterocycles. The summed E-state index contributed by atoms with van der Waals surface area (Å²) in [6.07, 6.45) is -23.0. The molecule has 6 aromatic rings. The molecule has 2 heterocycles. The summed E-state index contributed by atoms with van der Waals surface area (Å²) >= 11 is 0. The van der Waals surface area contributed by atoms with E-state index in [9.17, 15) is 55.1 Å². The average molecular weight is 1050 g/mol. The number of fused-ring (bicyclic) bond motifs is 2. The van der Waals surface area contributed by atoms with Crippen LogP contribution in [0.15, 0.2) is 121 Å².